The molecule has 144 valence electrons. The maximum absolute atomic E-state index is 12.3. The van der Waals surface area contributed by atoms with Crippen molar-refractivity contribution < 1.29 is 9.53 Å². The topological polar surface area (TPSA) is 36.0 Å². The highest BCUT2D eigenvalue weighted by Crippen LogP contribution is 2.43. The van der Waals surface area contributed by atoms with Gasteiger partial charge in [0, 0.05) is 40.3 Å². The monoisotopic (exact) mass is 359 g/mol. The zero-order chi connectivity index (χ0) is 18.9. The highest BCUT2D eigenvalue weighted by Gasteiger charge is 2.42. The van der Waals surface area contributed by atoms with E-state index < -0.39 is 5.60 Å². The normalized spacial score (nSPS) is 19.7. The number of benzene rings is 1. The minimum atomic E-state index is -0.424. The van der Waals surface area contributed by atoms with Crippen LogP contribution >= 0.6 is 0 Å². The van der Waals surface area contributed by atoms with Crippen molar-refractivity contribution in [3.63, 3.8) is 0 Å². The fourth-order valence-corrected chi connectivity index (χ4v) is 4.15. The van der Waals surface area contributed by atoms with Gasteiger partial charge in [0.2, 0.25) is 0 Å². The molecule has 5 nitrogen and oxygen atoms in total. The molecule has 0 unspecified atom stereocenters. The van der Waals surface area contributed by atoms with Crippen LogP contribution in [0.15, 0.2) is 24.3 Å². The first kappa shape index (κ1) is 18.9. The molecule has 1 spiro atoms. The van der Waals surface area contributed by atoms with Crippen molar-refractivity contribution >= 4 is 17.5 Å². The van der Waals surface area contributed by atoms with Crippen LogP contribution in [-0.4, -0.2) is 56.9 Å². The van der Waals surface area contributed by atoms with Gasteiger partial charge in [0.1, 0.15) is 5.60 Å². The van der Waals surface area contributed by atoms with E-state index in [0.29, 0.717) is 5.41 Å². The molecule has 0 aromatic heterocycles. The largest absolute Gasteiger partial charge is 0.444 e. The Balaban J connectivity index is 1.62. The highest BCUT2D eigenvalue weighted by atomic mass is 16.6. The number of rotatable bonds is 2. The van der Waals surface area contributed by atoms with Gasteiger partial charge in [0.25, 0.3) is 0 Å². The number of amides is 1. The lowest BCUT2D eigenvalue weighted by Gasteiger charge is -2.39. The number of likely N-dealkylation sites (tertiary alicyclic amines) is 1. The van der Waals surface area contributed by atoms with Crippen LogP contribution in [0.2, 0.25) is 0 Å². The van der Waals surface area contributed by atoms with E-state index in [0.717, 1.165) is 39.0 Å². The Kier molecular flexibility index (Phi) is 5.09. The lowest BCUT2D eigenvalue weighted by atomic mass is 9.78. The van der Waals surface area contributed by atoms with Crippen LogP contribution in [0.1, 0.15) is 40.0 Å². The lowest BCUT2D eigenvalue weighted by Crippen LogP contribution is -2.46. The average molecular weight is 360 g/mol. The lowest BCUT2D eigenvalue weighted by molar-refractivity contribution is 0.0122. The molecule has 1 amide bonds. The summed E-state index contributed by atoms with van der Waals surface area (Å²) in [6.45, 7) is 9.56. The smallest absolute Gasteiger partial charge is 0.410 e. The summed E-state index contributed by atoms with van der Waals surface area (Å²) < 4.78 is 5.53. The number of piperidine rings is 1. The van der Waals surface area contributed by atoms with Gasteiger partial charge in [-0.05, 0) is 57.6 Å². The zero-order valence-electron chi connectivity index (χ0n) is 16.9. The van der Waals surface area contributed by atoms with Crippen LogP contribution in [0.3, 0.4) is 0 Å². The summed E-state index contributed by atoms with van der Waals surface area (Å²) in [5.41, 5.74) is 2.50. The molecule has 2 heterocycles. The summed E-state index contributed by atoms with van der Waals surface area (Å²) in [6.07, 6.45) is 3.16. The number of para-hydroxylation sites is 2. The van der Waals surface area contributed by atoms with Gasteiger partial charge in [0.05, 0.1) is 11.4 Å². The Bertz CT molecular complexity index is 643. The number of nitrogens with zero attached hydrogens (tertiary/aromatic N) is 3. The predicted molar refractivity (Wildman–Crippen MR) is 107 cm³/mol. The number of hydrogen-bond donors (Lipinski definition) is 0. The second-order valence-corrected chi connectivity index (χ2v) is 9.02. The van der Waals surface area contributed by atoms with Gasteiger partial charge >= 0.3 is 6.09 Å². The standard InChI is InChI=1S/C21H33N3O2/c1-20(2,3)26-19(25)23-13-10-21(11-14-23)12-15-24(16-21)18-9-7-6-8-17(18)22(4)5/h6-9H,10-16H2,1-5H3. The molecule has 2 fully saturated rings. The Morgan fingerprint density at radius 1 is 1.08 bits per heavy atom. The molecule has 1 aromatic rings. The fraction of sp³-hybridized carbons (Fsp3) is 0.667. The van der Waals surface area contributed by atoms with Gasteiger partial charge in [-0.2, -0.15) is 0 Å². The van der Waals surface area contributed by atoms with Crippen LogP contribution in [0, 0.1) is 5.41 Å². The third-order valence-electron chi connectivity index (χ3n) is 5.62. The number of anilines is 2. The SMILES string of the molecule is CN(C)c1ccccc1N1CCC2(CCN(C(=O)OC(C)(C)C)CC2)C1. The van der Waals surface area contributed by atoms with Gasteiger partial charge in [-0.25, -0.2) is 4.79 Å². The Morgan fingerprint density at radius 2 is 1.69 bits per heavy atom. The molecule has 3 rings (SSSR count). The summed E-state index contributed by atoms with van der Waals surface area (Å²) in [5.74, 6) is 0. The second kappa shape index (κ2) is 7.01. The van der Waals surface area contributed by atoms with E-state index >= 15 is 0 Å². The van der Waals surface area contributed by atoms with E-state index in [4.69, 9.17) is 4.74 Å². The first-order valence-electron chi connectivity index (χ1n) is 9.68. The van der Waals surface area contributed by atoms with E-state index in [2.05, 4.69) is 48.2 Å². The van der Waals surface area contributed by atoms with Crippen LogP contribution in [-0.2, 0) is 4.74 Å². The molecule has 0 radical (unpaired) electrons. The number of hydrogen-bond acceptors (Lipinski definition) is 4. The molecule has 2 saturated heterocycles. The summed E-state index contributed by atoms with van der Waals surface area (Å²) in [6, 6.07) is 8.64. The van der Waals surface area contributed by atoms with Gasteiger partial charge in [-0.3, -0.25) is 0 Å². The van der Waals surface area contributed by atoms with Crippen LogP contribution < -0.4 is 9.80 Å². The van der Waals surface area contributed by atoms with Crippen molar-refractivity contribution in [2.24, 2.45) is 5.41 Å². The van der Waals surface area contributed by atoms with Crippen molar-refractivity contribution in [2.75, 3.05) is 50.1 Å². The minimum absolute atomic E-state index is 0.167. The Labute approximate surface area is 157 Å². The molecule has 5 heteroatoms. The van der Waals surface area contributed by atoms with E-state index in [9.17, 15) is 4.79 Å². The van der Waals surface area contributed by atoms with Crippen molar-refractivity contribution in [1.82, 2.24) is 4.90 Å². The average Bonchev–Trinajstić information content (AvgIpc) is 2.97. The molecule has 0 atom stereocenters. The molecule has 26 heavy (non-hydrogen) atoms. The summed E-state index contributed by atoms with van der Waals surface area (Å²) in [5, 5.41) is 0. The molecule has 1 aromatic carbocycles. The Morgan fingerprint density at radius 3 is 2.31 bits per heavy atom. The Hall–Kier alpha value is -1.91. The first-order valence-corrected chi connectivity index (χ1v) is 9.68. The number of carbonyl (C=O) groups is 1. The summed E-state index contributed by atoms with van der Waals surface area (Å²) in [7, 11) is 4.20. The van der Waals surface area contributed by atoms with Gasteiger partial charge in [0.15, 0.2) is 0 Å². The second-order valence-electron chi connectivity index (χ2n) is 9.02. The van der Waals surface area contributed by atoms with Crippen molar-refractivity contribution in [2.45, 2.75) is 45.6 Å². The first-order chi connectivity index (χ1) is 12.2. The summed E-state index contributed by atoms with van der Waals surface area (Å²) in [4.78, 5) is 18.9. The minimum Gasteiger partial charge on any atom is -0.444 e. The summed E-state index contributed by atoms with van der Waals surface area (Å²) >= 11 is 0. The molecule has 0 aliphatic carbocycles. The molecule has 2 aliphatic rings. The third kappa shape index (κ3) is 4.08. The van der Waals surface area contributed by atoms with Crippen LogP contribution in [0.5, 0.6) is 0 Å². The van der Waals surface area contributed by atoms with E-state index in [-0.39, 0.29) is 6.09 Å². The van der Waals surface area contributed by atoms with Gasteiger partial charge in [-0.15, -0.1) is 0 Å². The van der Waals surface area contributed by atoms with Gasteiger partial charge < -0.3 is 19.4 Å². The fourth-order valence-electron chi connectivity index (χ4n) is 4.15. The van der Waals surface area contributed by atoms with Gasteiger partial charge in [-0.1, -0.05) is 12.1 Å². The highest BCUT2D eigenvalue weighted by molar-refractivity contribution is 5.71. The molecular weight excluding hydrogens is 326 g/mol. The quantitative estimate of drug-likeness (QED) is 0.800. The maximum Gasteiger partial charge on any atom is 0.410 e. The molecule has 0 N–H and O–H groups in total. The van der Waals surface area contributed by atoms with Crippen molar-refractivity contribution in [3.05, 3.63) is 24.3 Å². The molecule has 0 saturated carbocycles. The van der Waals surface area contributed by atoms with E-state index in [1.807, 2.05) is 25.7 Å². The van der Waals surface area contributed by atoms with E-state index in [1.165, 1.54) is 17.8 Å². The maximum atomic E-state index is 12.3. The molecule has 0 bridgehead atoms. The third-order valence-corrected chi connectivity index (χ3v) is 5.62. The van der Waals surface area contributed by atoms with Crippen molar-refractivity contribution in [1.29, 1.82) is 0 Å². The van der Waals surface area contributed by atoms with E-state index in [1.54, 1.807) is 0 Å². The number of ether oxygens (including phenoxy) is 1. The van der Waals surface area contributed by atoms with Crippen molar-refractivity contribution in [3.8, 4) is 0 Å². The molecular formula is C21H33N3O2. The van der Waals surface area contributed by atoms with Crippen LogP contribution in [0.4, 0.5) is 16.2 Å². The molecule has 2 aliphatic heterocycles. The van der Waals surface area contributed by atoms with Crippen LogP contribution in [0.25, 0.3) is 0 Å². The predicted octanol–water partition coefficient (Wildman–Crippen LogP) is 3.98. The number of carbonyl (C=O) groups excluding carboxylic acids is 1. The zero-order valence-corrected chi connectivity index (χ0v) is 16.9.